The zero-order valence-electron chi connectivity index (χ0n) is 19.5. The summed E-state index contributed by atoms with van der Waals surface area (Å²) in [6, 6.07) is 10.2. The van der Waals surface area contributed by atoms with Crippen molar-refractivity contribution in [2.45, 2.75) is 43.3 Å². The van der Waals surface area contributed by atoms with Gasteiger partial charge in [-0.1, -0.05) is 42.3 Å². The first kappa shape index (κ1) is 24.5. The Balaban J connectivity index is 1.33. The van der Waals surface area contributed by atoms with E-state index in [1.54, 1.807) is 45.0 Å². The predicted molar refractivity (Wildman–Crippen MR) is 130 cm³/mol. The lowest BCUT2D eigenvalue weighted by molar-refractivity contribution is -0.139. The summed E-state index contributed by atoms with van der Waals surface area (Å²) < 4.78 is 33.7. The quantitative estimate of drug-likeness (QED) is 0.411. The van der Waals surface area contributed by atoms with Gasteiger partial charge in [0.05, 0.1) is 23.9 Å². The number of carbonyl (C=O) groups excluding carboxylic acids is 2. The fourth-order valence-corrected chi connectivity index (χ4v) is 5.98. The average molecular weight is 514 g/mol. The number of β-amino-alcohol motifs (C(OH)–C–C–N with tert-alkyl or cyclic N) is 1. The maximum Gasteiger partial charge on any atom is 0.218 e. The molecule has 2 aromatic carbocycles. The van der Waals surface area contributed by atoms with E-state index >= 15 is 8.78 Å². The molecule has 0 spiro atoms. The Morgan fingerprint density at radius 2 is 1.78 bits per heavy atom. The second kappa shape index (κ2) is 10.1. The van der Waals surface area contributed by atoms with Crippen molar-refractivity contribution in [1.82, 2.24) is 19.1 Å². The first-order valence-electron chi connectivity index (χ1n) is 11.6. The third-order valence-corrected chi connectivity index (χ3v) is 8.20. The number of hydrogen-bond acceptors (Lipinski definition) is 8. The first-order valence-corrected chi connectivity index (χ1v) is 12.5. The summed E-state index contributed by atoms with van der Waals surface area (Å²) in [5.41, 5.74) is 0.850. The zero-order chi connectivity index (χ0) is 25.4. The summed E-state index contributed by atoms with van der Waals surface area (Å²) in [6.45, 7) is 2.10. The first-order chi connectivity index (χ1) is 17.3. The molecule has 0 saturated carbocycles. The summed E-state index contributed by atoms with van der Waals surface area (Å²) in [7, 11) is 0. The third-order valence-electron chi connectivity index (χ3n) is 6.78. The van der Waals surface area contributed by atoms with Crippen molar-refractivity contribution < 1.29 is 23.5 Å². The van der Waals surface area contributed by atoms with Crippen molar-refractivity contribution in [3.05, 3.63) is 77.9 Å². The average Bonchev–Trinajstić information content (AvgIpc) is 3.41. The molecule has 0 aliphatic carbocycles. The smallest absolute Gasteiger partial charge is 0.218 e. The van der Waals surface area contributed by atoms with Gasteiger partial charge in [-0.3, -0.25) is 9.59 Å². The highest BCUT2D eigenvalue weighted by Gasteiger charge is 2.41. The molecule has 0 unspecified atom stereocenters. The van der Waals surface area contributed by atoms with E-state index in [2.05, 4.69) is 10.2 Å². The van der Waals surface area contributed by atoms with Crippen molar-refractivity contribution in [3.8, 4) is 0 Å². The van der Waals surface area contributed by atoms with Crippen LogP contribution in [-0.4, -0.2) is 61.0 Å². The topological polar surface area (TPSA) is 91.6 Å². The van der Waals surface area contributed by atoms with E-state index in [1.165, 1.54) is 12.7 Å². The van der Waals surface area contributed by atoms with Crippen LogP contribution in [0.25, 0.3) is 0 Å². The standard InChI is InChI=1S/C25H25F2N5O3S/c1-15-23(34)24(35)25(16-5-3-2-4-6-16)36-32(15)11-17-9-19(27)21(10-18(17)26)30-8-7-20(22(33)12-30)31-13-28-29-14-31/h2-6,9-10,13-15,20,22,25,33H,7-8,11-12H2,1H3/t15-,20-,22-,25+/m0/s1. The van der Waals surface area contributed by atoms with E-state index in [4.69, 9.17) is 0 Å². The van der Waals surface area contributed by atoms with E-state index < -0.39 is 40.6 Å². The van der Waals surface area contributed by atoms with Crippen molar-refractivity contribution in [2.24, 2.45) is 0 Å². The van der Waals surface area contributed by atoms with Gasteiger partial charge >= 0.3 is 0 Å². The van der Waals surface area contributed by atoms with Gasteiger partial charge in [0.2, 0.25) is 11.6 Å². The van der Waals surface area contributed by atoms with E-state index in [1.807, 2.05) is 6.07 Å². The molecule has 2 aliphatic heterocycles. The maximum atomic E-state index is 15.2. The van der Waals surface area contributed by atoms with Gasteiger partial charge in [0, 0.05) is 31.3 Å². The van der Waals surface area contributed by atoms with Gasteiger partial charge in [0.15, 0.2) is 0 Å². The second-order valence-corrected chi connectivity index (χ2v) is 10.2. The van der Waals surface area contributed by atoms with Crippen LogP contribution in [0.1, 0.15) is 35.8 Å². The van der Waals surface area contributed by atoms with Crippen LogP contribution in [0, 0.1) is 11.6 Å². The molecule has 1 N–H and O–H groups in total. The van der Waals surface area contributed by atoms with Crippen LogP contribution < -0.4 is 4.90 Å². The minimum atomic E-state index is -0.805. The third kappa shape index (κ3) is 4.65. The molecule has 0 bridgehead atoms. The number of halogens is 2. The fraction of sp³-hybridized carbons (Fsp3) is 0.360. The van der Waals surface area contributed by atoms with E-state index in [-0.39, 0.29) is 30.4 Å². The van der Waals surface area contributed by atoms with Crippen molar-refractivity contribution >= 4 is 29.2 Å². The molecule has 36 heavy (non-hydrogen) atoms. The van der Waals surface area contributed by atoms with Gasteiger partial charge in [-0.15, -0.1) is 10.2 Å². The molecule has 2 saturated heterocycles. The SMILES string of the molecule is C[C@H]1C(=O)C(=O)[C@@H](c2ccccc2)SN1Cc1cc(F)c(N2CC[C@H](n3cnnc3)[C@@H](O)C2)cc1F. The molecule has 11 heteroatoms. The monoisotopic (exact) mass is 513 g/mol. The molecule has 3 aromatic rings. The number of nitrogens with zero attached hydrogens (tertiary/aromatic N) is 5. The van der Waals surface area contributed by atoms with Gasteiger partial charge in [0.25, 0.3) is 0 Å². The zero-order valence-corrected chi connectivity index (χ0v) is 20.3. The van der Waals surface area contributed by atoms with Crippen LogP contribution in [0.15, 0.2) is 55.1 Å². The van der Waals surface area contributed by atoms with Gasteiger partial charge < -0.3 is 14.6 Å². The summed E-state index contributed by atoms with van der Waals surface area (Å²) in [4.78, 5) is 26.9. The minimum Gasteiger partial charge on any atom is -0.389 e. The van der Waals surface area contributed by atoms with Crippen LogP contribution in [0.2, 0.25) is 0 Å². The highest BCUT2D eigenvalue weighted by atomic mass is 32.2. The van der Waals surface area contributed by atoms with Gasteiger partial charge in [-0.2, -0.15) is 0 Å². The van der Waals surface area contributed by atoms with Crippen LogP contribution in [-0.2, 0) is 16.1 Å². The lowest BCUT2D eigenvalue weighted by Crippen LogP contribution is -2.45. The van der Waals surface area contributed by atoms with E-state index in [0.29, 0.717) is 18.5 Å². The van der Waals surface area contributed by atoms with E-state index in [0.717, 1.165) is 24.1 Å². The Kier molecular flexibility index (Phi) is 6.87. The number of piperidine rings is 1. The van der Waals surface area contributed by atoms with Crippen molar-refractivity contribution in [3.63, 3.8) is 0 Å². The summed E-state index contributed by atoms with van der Waals surface area (Å²) in [6.07, 6.45) is 2.76. The Bertz CT molecular complexity index is 1260. The highest BCUT2D eigenvalue weighted by molar-refractivity contribution is 7.98. The number of benzene rings is 2. The molecule has 8 nitrogen and oxygen atoms in total. The minimum absolute atomic E-state index is 0.0461. The molecule has 2 fully saturated rings. The van der Waals surface area contributed by atoms with E-state index in [9.17, 15) is 14.7 Å². The molecular weight excluding hydrogens is 488 g/mol. The van der Waals surface area contributed by atoms with Crippen molar-refractivity contribution in [2.75, 3.05) is 18.0 Å². The van der Waals surface area contributed by atoms with Crippen LogP contribution >= 0.6 is 11.9 Å². The Morgan fingerprint density at radius 3 is 2.47 bits per heavy atom. The molecule has 0 amide bonds. The van der Waals surface area contributed by atoms with Crippen molar-refractivity contribution in [1.29, 1.82) is 0 Å². The number of rotatable bonds is 5. The lowest BCUT2D eigenvalue weighted by atomic mass is 10.0. The Hall–Kier alpha value is -3.15. The second-order valence-electron chi connectivity index (χ2n) is 9.05. The predicted octanol–water partition coefficient (Wildman–Crippen LogP) is 3.10. The molecule has 1 aromatic heterocycles. The van der Waals surface area contributed by atoms with Crippen LogP contribution in [0.4, 0.5) is 14.5 Å². The number of Topliss-reactive ketones (excluding diaryl/α,β-unsaturated/α-hetero) is 2. The fourth-order valence-electron chi connectivity index (χ4n) is 4.73. The molecule has 4 atom stereocenters. The highest BCUT2D eigenvalue weighted by Crippen LogP contribution is 2.40. The summed E-state index contributed by atoms with van der Waals surface area (Å²) >= 11 is 1.16. The largest absolute Gasteiger partial charge is 0.389 e. The van der Waals surface area contributed by atoms with Crippen LogP contribution in [0.3, 0.4) is 0 Å². The lowest BCUT2D eigenvalue weighted by Gasteiger charge is -2.38. The number of anilines is 1. The molecular formula is C25H25F2N5O3S. The van der Waals surface area contributed by atoms with Gasteiger partial charge in [-0.25, -0.2) is 13.1 Å². The van der Waals surface area contributed by atoms with Crippen LogP contribution in [0.5, 0.6) is 0 Å². The number of aliphatic hydroxyl groups is 1. The normalized spacial score (nSPS) is 25.4. The number of hydrogen-bond donors (Lipinski definition) is 1. The number of ketones is 2. The molecule has 5 rings (SSSR count). The number of aromatic nitrogens is 3. The molecule has 0 radical (unpaired) electrons. The number of aliphatic hydroxyl groups excluding tert-OH is 1. The molecule has 188 valence electrons. The summed E-state index contributed by atoms with van der Waals surface area (Å²) in [5, 5.41) is 17.4. The Morgan fingerprint density at radius 1 is 1.06 bits per heavy atom. The molecule has 3 heterocycles. The maximum absolute atomic E-state index is 15.2. The number of carbonyl (C=O) groups is 2. The van der Waals surface area contributed by atoms with Gasteiger partial charge in [-0.05, 0) is 25.0 Å². The summed E-state index contributed by atoms with van der Waals surface area (Å²) in [5.74, 6) is -2.27. The Labute approximate surface area is 211 Å². The van der Waals surface area contributed by atoms with Gasteiger partial charge in [0.1, 0.15) is 29.5 Å². The molecule has 2 aliphatic rings.